The molecule has 0 aliphatic rings. The number of nitrogens with two attached hydrogens (primary N) is 1. The predicted octanol–water partition coefficient (Wildman–Crippen LogP) is 2.19. The molecule has 0 saturated carbocycles. The Balaban J connectivity index is 2.87. The van der Waals surface area contributed by atoms with Crippen LogP contribution in [0.5, 0.6) is 0 Å². The number of alkyl halides is 6. The van der Waals surface area contributed by atoms with Crippen LogP contribution in [-0.2, 0) is 11.3 Å². The van der Waals surface area contributed by atoms with E-state index in [9.17, 15) is 26.3 Å². The van der Waals surface area contributed by atoms with Crippen LogP contribution in [-0.4, -0.2) is 34.5 Å². The molecule has 118 valence electrons. The van der Waals surface area contributed by atoms with Crippen molar-refractivity contribution in [2.75, 3.05) is 0 Å². The maximum absolute atomic E-state index is 12.3. The van der Waals surface area contributed by atoms with Crippen LogP contribution in [0, 0.1) is 0 Å². The van der Waals surface area contributed by atoms with Crippen molar-refractivity contribution in [1.29, 1.82) is 0 Å². The Hall–Kier alpha value is -2.04. The fraction of sp³-hybridized carbons (Fsp3) is 0.400. The number of aromatic nitrogens is 1. The van der Waals surface area contributed by atoms with Gasteiger partial charge in [-0.15, -0.1) is 0 Å². The van der Waals surface area contributed by atoms with Crippen molar-refractivity contribution < 1.29 is 36.3 Å². The monoisotopic (exact) mass is 317 g/mol. The molecule has 0 bridgehead atoms. The van der Waals surface area contributed by atoms with E-state index in [1.165, 1.54) is 0 Å². The molecule has 5 nitrogen and oxygen atoms in total. The molecular weight excluding hydrogens is 308 g/mol. The van der Waals surface area contributed by atoms with Gasteiger partial charge in [0.15, 0.2) is 5.84 Å². The van der Waals surface area contributed by atoms with Gasteiger partial charge in [0.25, 0.3) is 0 Å². The Morgan fingerprint density at radius 3 is 2.33 bits per heavy atom. The van der Waals surface area contributed by atoms with Crippen LogP contribution in [0.3, 0.4) is 0 Å². The summed E-state index contributed by atoms with van der Waals surface area (Å²) in [6.45, 7) is -0.974. The molecule has 0 aliphatic heterocycles. The predicted molar refractivity (Wildman–Crippen MR) is 57.4 cm³/mol. The van der Waals surface area contributed by atoms with Gasteiger partial charge in [0.1, 0.15) is 5.69 Å². The maximum atomic E-state index is 12.3. The molecule has 0 unspecified atom stereocenters. The molecule has 0 aromatic carbocycles. The van der Waals surface area contributed by atoms with Crippen LogP contribution in [0.4, 0.5) is 26.3 Å². The largest absolute Gasteiger partial charge is 0.423 e. The van der Waals surface area contributed by atoms with E-state index in [1.54, 1.807) is 0 Å². The van der Waals surface area contributed by atoms with E-state index in [0.717, 1.165) is 18.3 Å². The van der Waals surface area contributed by atoms with Gasteiger partial charge in [-0.25, -0.2) is 0 Å². The van der Waals surface area contributed by atoms with Gasteiger partial charge >= 0.3 is 12.4 Å². The highest BCUT2D eigenvalue weighted by molar-refractivity contribution is 5.95. The normalized spacial score (nSPS) is 13.8. The highest BCUT2D eigenvalue weighted by Gasteiger charge is 2.57. The first kappa shape index (κ1) is 17.0. The highest BCUT2D eigenvalue weighted by Crippen LogP contribution is 2.36. The number of oxime groups is 1. The van der Waals surface area contributed by atoms with Crippen LogP contribution in [0.1, 0.15) is 11.3 Å². The number of pyridine rings is 1. The first-order chi connectivity index (χ1) is 9.55. The van der Waals surface area contributed by atoms with Gasteiger partial charge in [0.2, 0.25) is 6.10 Å². The highest BCUT2D eigenvalue weighted by atomic mass is 19.4. The Morgan fingerprint density at radius 1 is 1.29 bits per heavy atom. The fourth-order valence-electron chi connectivity index (χ4n) is 1.31. The number of halogens is 6. The van der Waals surface area contributed by atoms with E-state index in [4.69, 9.17) is 10.9 Å². The van der Waals surface area contributed by atoms with E-state index < -0.39 is 30.9 Å². The van der Waals surface area contributed by atoms with Gasteiger partial charge in [-0.1, -0.05) is 5.16 Å². The maximum Gasteiger partial charge on any atom is 0.423 e. The minimum absolute atomic E-state index is 0.0508. The lowest BCUT2D eigenvalue weighted by atomic mass is 10.2. The fourth-order valence-corrected chi connectivity index (χ4v) is 1.31. The second-order valence-electron chi connectivity index (χ2n) is 3.81. The molecule has 1 aromatic heterocycles. The minimum Gasteiger partial charge on any atom is -0.409 e. The Morgan fingerprint density at radius 2 is 1.86 bits per heavy atom. The summed E-state index contributed by atoms with van der Waals surface area (Å²) in [6.07, 6.45) is -14.0. The van der Waals surface area contributed by atoms with E-state index in [0.29, 0.717) is 0 Å². The summed E-state index contributed by atoms with van der Waals surface area (Å²) in [6, 6.07) is 2.18. The standard InChI is InChI=1S/C10H9F6N3O2/c11-9(12,13)8(10(14,15)16)21-4-5-1-2-18-6(3-5)7(17)19-20/h1-3,8,20H,4H2,(H2,17,19). The van der Waals surface area contributed by atoms with E-state index in [1.807, 2.05) is 0 Å². The zero-order valence-corrected chi connectivity index (χ0v) is 10.1. The molecule has 11 heteroatoms. The van der Waals surface area contributed by atoms with Gasteiger partial charge in [0.05, 0.1) is 6.61 Å². The van der Waals surface area contributed by atoms with Crippen molar-refractivity contribution in [3.8, 4) is 0 Å². The third-order valence-electron chi connectivity index (χ3n) is 2.21. The average Bonchev–Trinajstić information content (AvgIpc) is 2.35. The molecular formula is C10H9F6N3O2. The molecule has 1 aromatic rings. The van der Waals surface area contributed by atoms with Gasteiger partial charge in [-0.2, -0.15) is 26.3 Å². The molecule has 1 rings (SSSR count). The molecule has 3 N–H and O–H groups in total. The SMILES string of the molecule is N/C(=N/O)c1cc(COC(C(F)(F)F)C(F)(F)F)ccn1. The van der Waals surface area contributed by atoms with E-state index in [2.05, 4.69) is 14.9 Å². The van der Waals surface area contributed by atoms with Crippen molar-refractivity contribution in [3.05, 3.63) is 29.6 Å². The third kappa shape index (κ3) is 4.77. The number of hydrogen-bond donors (Lipinski definition) is 2. The summed E-state index contributed by atoms with van der Waals surface area (Å²) in [5, 5.41) is 11.0. The third-order valence-corrected chi connectivity index (χ3v) is 2.21. The van der Waals surface area contributed by atoms with Gasteiger partial charge in [-0.3, -0.25) is 4.98 Å². The number of hydrogen-bond acceptors (Lipinski definition) is 4. The van der Waals surface area contributed by atoms with E-state index in [-0.39, 0.29) is 11.3 Å². The van der Waals surface area contributed by atoms with Gasteiger partial charge in [-0.05, 0) is 17.7 Å². The lowest BCUT2D eigenvalue weighted by Gasteiger charge is -2.23. The zero-order chi connectivity index (χ0) is 16.3. The van der Waals surface area contributed by atoms with Crippen LogP contribution in [0.25, 0.3) is 0 Å². The summed E-state index contributed by atoms with van der Waals surface area (Å²) in [4.78, 5) is 3.62. The molecule has 0 fully saturated rings. The zero-order valence-electron chi connectivity index (χ0n) is 10.1. The summed E-state index contributed by atoms with van der Waals surface area (Å²) in [5.74, 6) is -0.444. The van der Waals surface area contributed by atoms with Crippen LogP contribution in [0.2, 0.25) is 0 Å². The summed E-state index contributed by atoms with van der Waals surface area (Å²) in [5.41, 5.74) is 5.03. The van der Waals surface area contributed by atoms with Crippen LogP contribution < -0.4 is 5.73 Å². The quantitative estimate of drug-likeness (QED) is 0.293. The smallest absolute Gasteiger partial charge is 0.409 e. The van der Waals surface area contributed by atoms with Crippen molar-refractivity contribution in [1.82, 2.24) is 4.98 Å². The van der Waals surface area contributed by atoms with Crippen molar-refractivity contribution >= 4 is 5.84 Å². The summed E-state index contributed by atoms with van der Waals surface area (Å²) >= 11 is 0. The first-order valence-electron chi connectivity index (χ1n) is 5.23. The Bertz CT molecular complexity index is 500. The van der Waals surface area contributed by atoms with Crippen LogP contribution >= 0.6 is 0 Å². The lowest BCUT2D eigenvalue weighted by Crippen LogP contribution is -2.44. The van der Waals surface area contributed by atoms with Crippen molar-refractivity contribution in [2.24, 2.45) is 10.9 Å². The minimum atomic E-state index is -5.58. The molecule has 0 atom stereocenters. The van der Waals surface area contributed by atoms with Crippen LogP contribution in [0.15, 0.2) is 23.5 Å². The second kappa shape index (κ2) is 6.16. The molecule has 0 saturated heterocycles. The number of rotatable bonds is 4. The molecule has 0 spiro atoms. The molecule has 1 heterocycles. The first-order valence-corrected chi connectivity index (χ1v) is 5.23. The number of ether oxygens (including phenoxy) is 1. The van der Waals surface area contributed by atoms with Crippen molar-refractivity contribution in [2.45, 2.75) is 25.1 Å². The molecule has 0 radical (unpaired) electrons. The molecule has 0 aliphatic carbocycles. The van der Waals surface area contributed by atoms with Gasteiger partial charge < -0.3 is 15.7 Å². The summed E-state index contributed by atoms with van der Waals surface area (Å²) in [7, 11) is 0. The Labute approximate surface area is 114 Å². The van der Waals surface area contributed by atoms with Gasteiger partial charge in [0, 0.05) is 6.20 Å². The molecule has 21 heavy (non-hydrogen) atoms. The molecule has 0 amide bonds. The van der Waals surface area contributed by atoms with E-state index >= 15 is 0 Å². The average molecular weight is 317 g/mol. The van der Waals surface area contributed by atoms with Crippen molar-refractivity contribution in [3.63, 3.8) is 0 Å². The second-order valence-corrected chi connectivity index (χ2v) is 3.81. The summed E-state index contributed by atoms with van der Waals surface area (Å²) < 4.78 is 77.4. The number of amidine groups is 1. The number of nitrogens with zero attached hydrogens (tertiary/aromatic N) is 2. The Kier molecular flexibility index (Phi) is 4.99. The topological polar surface area (TPSA) is 80.7 Å². The lowest BCUT2D eigenvalue weighted by molar-refractivity contribution is -0.324.